The number of anilines is 1. The summed E-state index contributed by atoms with van der Waals surface area (Å²) in [7, 11) is 0. The highest BCUT2D eigenvalue weighted by molar-refractivity contribution is 7.80. The molecule has 0 bridgehead atoms. The lowest BCUT2D eigenvalue weighted by molar-refractivity contribution is -0.385. The van der Waals surface area contributed by atoms with Gasteiger partial charge >= 0.3 is 0 Å². The normalized spacial score (nSPS) is 15.6. The Morgan fingerprint density at radius 1 is 1.07 bits per heavy atom. The van der Waals surface area contributed by atoms with Crippen molar-refractivity contribution in [1.82, 2.24) is 5.01 Å². The summed E-state index contributed by atoms with van der Waals surface area (Å²) in [4.78, 5) is 11.1. The maximum atomic E-state index is 11.5. The van der Waals surface area contributed by atoms with Crippen LogP contribution in [0.2, 0.25) is 0 Å². The summed E-state index contributed by atoms with van der Waals surface area (Å²) in [6.45, 7) is 2.03. The van der Waals surface area contributed by atoms with E-state index in [4.69, 9.17) is 17.3 Å². The first-order chi connectivity index (χ1) is 14.5. The van der Waals surface area contributed by atoms with E-state index in [9.17, 15) is 10.1 Å². The summed E-state index contributed by atoms with van der Waals surface area (Å²) in [6, 6.07) is 24.4. The zero-order valence-electron chi connectivity index (χ0n) is 16.4. The summed E-state index contributed by atoms with van der Waals surface area (Å²) < 4.78 is 0. The van der Waals surface area contributed by atoms with E-state index in [1.54, 1.807) is 23.2 Å². The minimum Gasteiger partial charge on any atom is -0.331 e. The molecule has 150 valence electrons. The second-order valence-corrected chi connectivity index (χ2v) is 7.48. The van der Waals surface area contributed by atoms with Crippen molar-refractivity contribution >= 4 is 34.4 Å². The molecular formula is C23H20N4O2S. The number of nitro groups is 1. The van der Waals surface area contributed by atoms with Crippen LogP contribution in [-0.4, -0.2) is 20.8 Å². The van der Waals surface area contributed by atoms with Crippen molar-refractivity contribution in [3.63, 3.8) is 0 Å². The van der Waals surface area contributed by atoms with Gasteiger partial charge in [0.25, 0.3) is 5.69 Å². The Morgan fingerprint density at radius 3 is 2.43 bits per heavy atom. The Labute approximate surface area is 180 Å². The van der Waals surface area contributed by atoms with E-state index in [1.165, 1.54) is 6.07 Å². The topological polar surface area (TPSA) is 70.8 Å². The SMILES string of the molecule is Cc1ccc([C@H]2CC(c3ccccc3[N+](=O)[O-])=NN2C(=S)Nc2ccccc2)cc1. The maximum absolute atomic E-state index is 11.5. The van der Waals surface area contributed by atoms with E-state index in [2.05, 4.69) is 17.4 Å². The van der Waals surface area contributed by atoms with Gasteiger partial charge in [-0.25, -0.2) is 5.01 Å². The van der Waals surface area contributed by atoms with E-state index >= 15 is 0 Å². The molecule has 1 heterocycles. The molecule has 0 spiro atoms. The molecule has 30 heavy (non-hydrogen) atoms. The van der Waals surface area contributed by atoms with Crippen molar-refractivity contribution in [2.24, 2.45) is 5.10 Å². The molecule has 0 saturated carbocycles. The van der Waals surface area contributed by atoms with E-state index < -0.39 is 0 Å². The van der Waals surface area contributed by atoms with Crippen LogP contribution >= 0.6 is 12.2 Å². The number of para-hydroxylation sites is 2. The number of nitro benzene ring substituents is 1. The van der Waals surface area contributed by atoms with Crippen molar-refractivity contribution in [2.45, 2.75) is 19.4 Å². The average Bonchev–Trinajstić information content (AvgIpc) is 3.20. The fourth-order valence-corrected chi connectivity index (χ4v) is 3.77. The zero-order chi connectivity index (χ0) is 21.1. The van der Waals surface area contributed by atoms with Crippen LogP contribution in [0.3, 0.4) is 0 Å². The fourth-order valence-electron chi connectivity index (χ4n) is 3.49. The minimum atomic E-state index is -0.373. The lowest BCUT2D eigenvalue weighted by atomic mass is 9.97. The molecule has 1 aliphatic heterocycles. The summed E-state index contributed by atoms with van der Waals surface area (Å²) in [6.07, 6.45) is 0.518. The first-order valence-electron chi connectivity index (χ1n) is 9.56. The Balaban J connectivity index is 1.71. The molecule has 3 aromatic rings. The number of hydrazone groups is 1. The number of rotatable bonds is 4. The molecule has 0 amide bonds. The number of aryl methyl sites for hydroxylation is 1. The van der Waals surface area contributed by atoms with Crippen LogP contribution < -0.4 is 5.32 Å². The minimum absolute atomic E-state index is 0.0442. The maximum Gasteiger partial charge on any atom is 0.278 e. The summed E-state index contributed by atoms with van der Waals surface area (Å²) in [5.41, 5.74) is 4.28. The molecule has 0 aliphatic carbocycles. The van der Waals surface area contributed by atoms with Gasteiger partial charge in [0.15, 0.2) is 5.11 Å². The van der Waals surface area contributed by atoms with Gasteiger partial charge in [-0.05, 0) is 42.9 Å². The predicted octanol–water partition coefficient (Wildman–Crippen LogP) is 5.45. The van der Waals surface area contributed by atoms with Gasteiger partial charge in [0.05, 0.1) is 22.2 Å². The van der Waals surface area contributed by atoms with Gasteiger partial charge in [-0.3, -0.25) is 10.1 Å². The molecule has 6 nitrogen and oxygen atoms in total. The number of benzene rings is 3. The molecule has 1 atom stereocenters. The molecule has 4 rings (SSSR count). The Morgan fingerprint density at radius 2 is 1.73 bits per heavy atom. The molecule has 1 N–H and O–H groups in total. The average molecular weight is 417 g/mol. The van der Waals surface area contributed by atoms with Crippen LogP contribution in [-0.2, 0) is 0 Å². The molecule has 0 saturated heterocycles. The molecule has 0 fully saturated rings. The van der Waals surface area contributed by atoms with Gasteiger partial charge < -0.3 is 5.32 Å². The zero-order valence-corrected chi connectivity index (χ0v) is 17.2. The van der Waals surface area contributed by atoms with Gasteiger partial charge in [-0.2, -0.15) is 5.10 Å². The lowest BCUT2D eigenvalue weighted by Crippen LogP contribution is -2.31. The predicted molar refractivity (Wildman–Crippen MR) is 123 cm³/mol. The van der Waals surface area contributed by atoms with Crippen molar-refractivity contribution in [2.75, 3.05) is 5.32 Å². The van der Waals surface area contributed by atoms with E-state index in [0.717, 1.165) is 16.8 Å². The van der Waals surface area contributed by atoms with Gasteiger partial charge in [0, 0.05) is 18.2 Å². The van der Waals surface area contributed by atoms with Gasteiger partial charge in [-0.15, -0.1) is 0 Å². The van der Waals surface area contributed by atoms with Crippen molar-refractivity contribution in [3.05, 3.63) is 106 Å². The molecule has 0 radical (unpaired) electrons. The summed E-state index contributed by atoms with van der Waals surface area (Å²) in [5, 5.41) is 21.7. The third kappa shape index (κ3) is 4.06. The molecule has 1 aliphatic rings. The van der Waals surface area contributed by atoms with Crippen LogP contribution in [0.25, 0.3) is 0 Å². The van der Waals surface area contributed by atoms with E-state index in [1.807, 2.05) is 49.4 Å². The van der Waals surface area contributed by atoms with Crippen LogP contribution in [0.15, 0.2) is 84.0 Å². The molecule has 0 aromatic heterocycles. The Hall–Kier alpha value is -3.58. The molecular weight excluding hydrogens is 396 g/mol. The second kappa shape index (κ2) is 8.42. The first kappa shape index (κ1) is 19.7. The monoisotopic (exact) mass is 416 g/mol. The smallest absolute Gasteiger partial charge is 0.278 e. The second-order valence-electron chi connectivity index (χ2n) is 7.09. The summed E-state index contributed by atoms with van der Waals surface area (Å²) in [5.74, 6) is 0. The summed E-state index contributed by atoms with van der Waals surface area (Å²) >= 11 is 5.66. The van der Waals surface area contributed by atoms with Crippen LogP contribution in [0.1, 0.15) is 29.2 Å². The highest BCUT2D eigenvalue weighted by Crippen LogP contribution is 2.35. The fraction of sp³-hybridized carbons (Fsp3) is 0.130. The van der Waals surface area contributed by atoms with Gasteiger partial charge in [-0.1, -0.05) is 60.2 Å². The van der Waals surface area contributed by atoms with E-state index in [-0.39, 0.29) is 16.7 Å². The standard InChI is InChI=1S/C23H20N4O2S/c1-16-11-13-17(14-12-16)22-15-20(19-9-5-6-10-21(19)27(28)29)25-26(22)23(30)24-18-7-3-2-4-8-18/h2-14,22H,15H2,1H3,(H,24,30)/t22-/m1/s1. The van der Waals surface area contributed by atoms with Gasteiger partial charge in [0.2, 0.25) is 0 Å². The van der Waals surface area contributed by atoms with Crippen molar-refractivity contribution < 1.29 is 4.92 Å². The number of nitrogens with one attached hydrogen (secondary N) is 1. The van der Waals surface area contributed by atoms with Crippen molar-refractivity contribution in [3.8, 4) is 0 Å². The quantitative estimate of drug-likeness (QED) is 0.348. The molecule has 0 unspecified atom stereocenters. The molecule has 7 heteroatoms. The Kier molecular flexibility index (Phi) is 5.54. The van der Waals surface area contributed by atoms with E-state index in [0.29, 0.717) is 22.8 Å². The van der Waals surface area contributed by atoms with Crippen LogP contribution in [0.5, 0.6) is 0 Å². The van der Waals surface area contributed by atoms with Crippen LogP contribution in [0, 0.1) is 17.0 Å². The number of hydrogen-bond acceptors (Lipinski definition) is 4. The number of thiocarbonyl (C=S) groups is 1. The van der Waals surface area contributed by atoms with Crippen molar-refractivity contribution in [1.29, 1.82) is 0 Å². The first-order valence-corrected chi connectivity index (χ1v) is 9.97. The van der Waals surface area contributed by atoms with Gasteiger partial charge in [0.1, 0.15) is 0 Å². The lowest BCUT2D eigenvalue weighted by Gasteiger charge is -2.25. The molecule has 3 aromatic carbocycles. The Bertz CT molecular complexity index is 1110. The number of nitrogens with zero attached hydrogens (tertiary/aromatic N) is 3. The third-order valence-electron chi connectivity index (χ3n) is 5.02. The largest absolute Gasteiger partial charge is 0.331 e. The number of hydrogen-bond donors (Lipinski definition) is 1. The third-order valence-corrected chi connectivity index (χ3v) is 5.31. The highest BCUT2D eigenvalue weighted by Gasteiger charge is 2.33. The van der Waals surface area contributed by atoms with Crippen LogP contribution in [0.4, 0.5) is 11.4 Å². The highest BCUT2D eigenvalue weighted by atomic mass is 32.1.